The van der Waals surface area contributed by atoms with E-state index in [2.05, 4.69) is 6.92 Å². The van der Waals surface area contributed by atoms with Crippen LogP contribution in [0.3, 0.4) is 0 Å². The minimum absolute atomic E-state index is 0.0250. The van der Waals surface area contributed by atoms with E-state index in [1.807, 2.05) is 48.5 Å². The molecule has 3 unspecified atom stereocenters. The molecule has 1 heterocycles. The van der Waals surface area contributed by atoms with Gasteiger partial charge >= 0.3 is 0 Å². The minimum Gasteiger partial charge on any atom is -0.493 e. The van der Waals surface area contributed by atoms with Crippen LogP contribution >= 0.6 is 11.6 Å². The number of hydrogen-bond acceptors (Lipinski definition) is 4. The van der Waals surface area contributed by atoms with E-state index in [9.17, 15) is 4.79 Å². The molecular weight excluding hydrogens is 388 g/mol. The van der Waals surface area contributed by atoms with Crippen molar-refractivity contribution < 1.29 is 19.0 Å². The van der Waals surface area contributed by atoms with Crippen LogP contribution in [-0.4, -0.2) is 18.0 Å². The van der Waals surface area contributed by atoms with Crippen LogP contribution < -0.4 is 4.74 Å². The molecule has 0 spiro atoms. The van der Waals surface area contributed by atoms with Crippen LogP contribution in [0.2, 0.25) is 5.02 Å². The van der Waals surface area contributed by atoms with Gasteiger partial charge in [-0.05, 0) is 54.7 Å². The number of rotatable bonds is 6. The normalized spacial score (nSPS) is 23.7. The number of ether oxygens (including phenoxy) is 3. The van der Waals surface area contributed by atoms with Crippen molar-refractivity contribution in [3.63, 3.8) is 0 Å². The smallest absolute Gasteiger partial charge is 0.207 e. The molecular formula is C24H25ClO4. The number of aryl methyl sites for hydroxylation is 1. The van der Waals surface area contributed by atoms with Gasteiger partial charge in [-0.3, -0.25) is 4.79 Å². The van der Waals surface area contributed by atoms with E-state index >= 15 is 0 Å². The SMILES string of the molecule is CCc1ccc(OC2=COC3CC(OCc4ccc(Cl)cc4)CCC3C2=O)cc1. The topological polar surface area (TPSA) is 44.8 Å². The Morgan fingerprint density at radius 1 is 1.03 bits per heavy atom. The predicted molar refractivity (Wildman–Crippen MR) is 112 cm³/mol. The van der Waals surface area contributed by atoms with Crippen LogP contribution in [-0.2, 0) is 27.3 Å². The molecule has 1 aliphatic heterocycles. The fourth-order valence-corrected chi connectivity index (χ4v) is 4.00. The van der Waals surface area contributed by atoms with Gasteiger partial charge in [0.05, 0.1) is 18.6 Å². The van der Waals surface area contributed by atoms with Crippen LogP contribution in [0.15, 0.2) is 60.6 Å². The van der Waals surface area contributed by atoms with Crippen LogP contribution in [0.5, 0.6) is 5.75 Å². The Bertz CT molecular complexity index is 873. The molecule has 4 rings (SSSR count). The van der Waals surface area contributed by atoms with Crippen molar-refractivity contribution in [1.82, 2.24) is 0 Å². The number of Topliss-reactive ketones (excluding diaryl/α,β-unsaturated/α-hetero) is 1. The van der Waals surface area contributed by atoms with Crippen molar-refractivity contribution in [3.8, 4) is 5.75 Å². The maximum Gasteiger partial charge on any atom is 0.207 e. The number of halogens is 1. The Morgan fingerprint density at radius 2 is 1.76 bits per heavy atom. The first-order chi connectivity index (χ1) is 14.1. The summed E-state index contributed by atoms with van der Waals surface area (Å²) in [5, 5.41) is 0.717. The lowest BCUT2D eigenvalue weighted by Gasteiger charge is -2.37. The van der Waals surface area contributed by atoms with Crippen molar-refractivity contribution in [2.24, 2.45) is 5.92 Å². The summed E-state index contributed by atoms with van der Waals surface area (Å²) in [5.74, 6) is 0.803. The summed E-state index contributed by atoms with van der Waals surface area (Å²) in [4.78, 5) is 12.9. The molecule has 3 atom stereocenters. The standard InChI is InChI=1S/C24H25ClO4/c1-2-16-5-9-19(10-6-16)29-23-15-28-22-13-20(11-12-21(22)24(23)26)27-14-17-3-7-18(25)8-4-17/h3-10,15,20-22H,2,11-14H2,1H3. The molecule has 0 saturated heterocycles. The van der Waals surface area contributed by atoms with Crippen molar-refractivity contribution in [1.29, 1.82) is 0 Å². The maximum absolute atomic E-state index is 12.9. The first-order valence-corrected chi connectivity index (χ1v) is 10.5. The minimum atomic E-state index is -0.166. The van der Waals surface area contributed by atoms with Gasteiger partial charge in [-0.1, -0.05) is 42.8 Å². The molecule has 2 aromatic rings. The summed E-state index contributed by atoms with van der Waals surface area (Å²) < 4.78 is 17.7. The molecule has 0 N–H and O–H groups in total. The van der Waals surface area contributed by atoms with Gasteiger partial charge in [0.1, 0.15) is 18.1 Å². The van der Waals surface area contributed by atoms with Gasteiger partial charge in [0.2, 0.25) is 11.5 Å². The van der Waals surface area contributed by atoms with Gasteiger partial charge in [0, 0.05) is 11.4 Å². The second-order valence-electron chi connectivity index (χ2n) is 7.60. The summed E-state index contributed by atoms with van der Waals surface area (Å²) in [6.45, 7) is 2.64. The number of carbonyl (C=O) groups is 1. The monoisotopic (exact) mass is 412 g/mol. The Labute approximate surface area is 176 Å². The molecule has 0 bridgehead atoms. The van der Waals surface area contributed by atoms with Crippen LogP contribution in [0.1, 0.15) is 37.3 Å². The number of hydrogen-bond donors (Lipinski definition) is 0. The number of fused-ring (bicyclic) bond motifs is 1. The van der Waals surface area contributed by atoms with Gasteiger partial charge in [0.25, 0.3) is 0 Å². The highest BCUT2D eigenvalue weighted by atomic mass is 35.5. The third-order valence-corrected chi connectivity index (χ3v) is 5.88. The zero-order chi connectivity index (χ0) is 20.2. The summed E-state index contributed by atoms with van der Waals surface area (Å²) >= 11 is 5.92. The molecule has 1 aliphatic carbocycles. The predicted octanol–water partition coefficient (Wildman–Crippen LogP) is 5.48. The number of carbonyl (C=O) groups excluding carboxylic acids is 1. The van der Waals surface area contributed by atoms with Crippen molar-refractivity contribution in [3.05, 3.63) is 76.7 Å². The number of allylic oxidation sites excluding steroid dienone is 1. The third kappa shape index (κ3) is 4.82. The van der Waals surface area contributed by atoms with Crippen LogP contribution in [0.25, 0.3) is 0 Å². The average molecular weight is 413 g/mol. The quantitative estimate of drug-likeness (QED) is 0.630. The molecule has 152 valence electrons. The first-order valence-electron chi connectivity index (χ1n) is 10.1. The van der Waals surface area contributed by atoms with E-state index in [0.717, 1.165) is 29.8 Å². The lowest BCUT2D eigenvalue weighted by molar-refractivity contribution is -0.134. The Hall–Kier alpha value is -2.30. The fraction of sp³-hybridized carbons (Fsp3) is 0.375. The highest BCUT2D eigenvalue weighted by molar-refractivity contribution is 6.30. The first kappa shape index (κ1) is 20.0. The van der Waals surface area contributed by atoms with Crippen molar-refractivity contribution in [2.75, 3.05) is 0 Å². The van der Waals surface area contributed by atoms with E-state index in [1.54, 1.807) is 0 Å². The zero-order valence-corrected chi connectivity index (χ0v) is 17.2. The molecule has 5 heteroatoms. The highest BCUT2D eigenvalue weighted by Crippen LogP contribution is 2.35. The van der Waals surface area contributed by atoms with Crippen LogP contribution in [0.4, 0.5) is 0 Å². The Kier molecular flexibility index (Phi) is 6.22. The molecule has 1 saturated carbocycles. The number of ketones is 1. The average Bonchev–Trinajstić information content (AvgIpc) is 2.76. The maximum atomic E-state index is 12.9. The van der Waals surface area contributed by atoms with Gasteiger partial charge in [-0.2, -0.15) is 0 Å². The lowest BCUT2D eigenvalue weighted by atomic mass is 9.80. The second kappa shape index (κ2) is 9.02. The molecule has 1 fully saturated rings. The van der Waals surface area contributed by atoms with E-state index < -0.39 is 0 Å². The van der Waals surface area contributed by atoms with E-state index in [-0.39, 0.29) is 29.7 Å². The molecule has 0 radical (unpaired) electrons. The van der Waals surface area contributed by atoms with Gasteiger partial charge in [-0.15, -0.1) is 0 Å². The Morgan fingerprint density at radius 3 is 2.48 bits per heavy atom. The van der Waals surface area contributed by atoms with Crippen LogP contribution in [0, 0.1) is 5.92 Å². The molecule has 2 aliphatic rings. The summed E-state index contributed by atoms with van der Waals surface area (Å²) in [6, 6.07) is 15.5. The zero-order valence-electron chi connectivity index (χ0n) is 16.5. The highest BCUT2D eigenvalue weighted by Gasteiger charge is 2.41. The summed E-state index contributed by atoms with van der Waals surface area (Å²) in [6.07, 6.45) is 4.65. The largest absolute Gasteiger partial charge is 0.493 e. The van der Waals surface area contributed by atoms with Gasteiger partial charge < -0.3 is 14.2 Å². The third-order valence-electron chi connectivity index (χ3n) is 5.63. The molecule has 2 aromatic carbocycles. The van der Waals surface area contributed by atoms with Gasteiger partial charge in [-0.25, -0.2) is 0 Å². The fourth-order valence-electron chi connectivity index (χ4n) is 3.87. The van der Waals surface area contributed by atoms with Crippen molar-refractivity contribution >= 4 is 17.4 Å². The van der Waals surface area contributed by atoms with Gasteiger partial charge in [0.15, 0.2) is 0 Å². The Balaban J connectivity index is 1.33. The molecule has 4 nitrogen and oxygen atoms in total. The molecule has 0 amide bonds. The van der Waals surface area contributed by atoms with E-state index in [1.165, 1.54) is 11.8 Å². The number of benzene rings is 2. The van der Waals surface area contributed by atoms with Crippen molar-refractivity contribution in [2.45, 2.75) is 51.4 Å². The molecule has 0 aromatic heterocycles. The van der Waals surface area contributed by atoms with E-state index in [4.69, 9.17) is 25.8 Å². The second-order valence-corrected chi connectivity index (χ2v) is 8.04. The summed E-state index contributed by atoms with van der Waals surface area (Å²) in [7, 11) is 0. The van der Waals surface area contributed by atoms with E-state index in [0.29, 0.717) is 18.8 Å². The summed E-state index contributed by atoms with van der Waals surface area (Å²) in [5.41, 5.74) is 2.32. The molecule has 29 heavy (non-hydrogen) atoms. The lowest BCUT2D eigenvalue weighted by Crippen LogP contribution is -2.42.